The molecular weight excluding hydrogens is 310 g/mol. The molecule has 0 N–H and O–H groups in total. The summed E-state index contributed by atoms with van der Waals surface area (Å²) < 4.78 is 12.0. The molecule has 2 heterocycles. The van der Waals surface area contributed by atoms with E-state index in [1.807, 2.05) is 31.2 Å². The minimum atomic E-state index is -0.248. The van der Waals surface area contributed by atoms with Crippen LogP contribution in [-0.2, 0) is 4.74 Å². The lowest BCUT2D eigenvalue weighted by molar-refractivity contribution is 0.0532. The van der Waals surface area contributed by atoms with Gasteiger partial charge in [0.1, 0.15) is 10.6 Å². The Morgan fingerprint density at radius 3 is 2.87 bits per heavy atom. The van der Waals surface area contributed by atoms with Gasteiger partial charge in [0.15, 0.2) is 0 Å². The van der Waals surface area contributed by atoms with Crippen molar-refractivity contribution in [1.82, 2.24) is 4.90 Å². The summed E-state index contributed by atoms with van der Waals surface area (Å²) in [5.41, 5.74) is 0. The van der Waals surface area contributed by atoms with Gasteiger partial charge in [0.2, 0.25) is 0 Å². The van der Waals surface area contributed by atoms with Crippen molar-refractivity contribution >= 4 is 27.4 Å². The first kappa shape index (κ1) is 16.3. The number of fused-ring (bicyclic) bond motifs is 1. The number of likely N-dealkylation sites (tertiary alicyclic amines) is 1. The van der Waals surface area contributed by atoms with Gasteiger partial charge < -0.3 is 14.4 Å². The van der Waals surface area contributed by atoms with Crippen LogP contribution in [0.4, 0.5) is 0 Å². The molecule has 0 radical (unpaired) electrons. The van der Waals surface area contributed by atoms with E-state index in [-0.39, 0.29) is 5.97 Å². The molecule has 0 saturated carbocycles. The minimum Gasteiger partial charge on any atom is -0.493 e. The molecule has 124 valence electrons. The number of carbonyl (C=O) groups is 1. The van der Waals surface area contributed by atoms with Gasteiger partial charge in [-0.1, -0.05) is 0 Å². The first-order valence-electron chi connectivity index (χ1n) is 8.32. The lowest BCUT2D eigenvalue weighted by Crippen LogP contribution is -2.21. The monoisotopic (exact) mass is 333 g/mol. The van der Waals surface area contributed by atoms with E-state index in [4.69, 9.17) is 9.47 Å². The van der Waals surface area contributed by atoms with Gasteiger partial charge in [-0.25, -0.2) is 4.79 Å². The highest BCUT2D eigenvalue weighted by Crippen LogP contribution is 2.29. The van der Waals surface area contributed by atoms with E-state index in [0.29, 0.717) is 11.5 Å². The summed E-state index contributed by atoms with van der Waals surface area (Å²) in [6, 6.07) is 7.87. The zero-order valence-electron chi connectivity index (χ0n) is 13.5. The Labute approximate surface area is 141 Å². The number of benzene rings is 1. The third kappa shape index (κ3) is 4.24. The Balaban J connectivity index is 1.55. The predicted molar refractivity (Wildman–Crippen MR) is 93.6 cm³/mol. The van der Waals surface area contributed by atoms with Crippen LogP contribution < -0.4 is 4.74 Å². The molecule has 0 bridgehead atoms. The number of ether oxygens (including phenoxy) is 2. The quantitative estimate of drug-likeness (QED) is 0.568. The Morgan fingerprint density at radius 2 is 2.09 bits per heavy atom. The summed E-state index contributed by atoms with van der Waals surface area (Å²) >= 11 is 1.46. The van der Waals surface area contributed by atoms with Crippen molar-refractivity contribution in [2.24, 2.45) is 0 Å². The maximum Gasteiger partial charge on any atom is 0.348 e. The standard InChI is InChI=1S/C18H23NO3S/c1-2-21-18(20)17-12-14-6-7-15(13-16(14)23-17)22-11-5-10-19-8-3-4-9-19/h6-7,12-13H,2-5,8-11H2,1H3. The lowest BCUT2D eigenvalue weighted by atomic mass is 10.2. The Hall–Kier alpha value is -1.59. The molecule has 23 heavy (non-hydrogen) atoms. The van der Waals surface area contributed by atoms with Crippen molar-refractivity contribution in [3.8, 4) is 5.75 Å². The Kier molecular flexibility index (Phi) is 5.51. The van der Waals surface area contributed by atoms with Crippen LogP contribution in [0.5, 0.6) is 5.75 Å². The zero-order chi connectivity index (χ0) is 16.1. The molecule has 3 rings (SSSR count). The predicted octanol–water partition coefficient (Wildman–Crippen LogP) is 3.94. The van der Waals surface area contributed by atoms with Gasteiger partial charge in [-0.2, -0.15) is 0 Å². The molecule has 5 heteroatoms. The fourth-order valence-corrected chi connectivity index (χ4v) is 3.87. The van der Waals surface area contributed by atoms with Crippen LogP contribution in [-0.4, -0.2) is 43.7 Å². The van der Waals surface area contributed by atoms with Crippen LogP contribution in [0.2, 0.25) is 0 Å². The summed E-state index contributed by atoms with van der Waals surface area (Å²) in [4.78, 5) is 14.9. The molecule has 2 aromatic rings. The molecular formula is C18H23NO3S. The van der Waals surface area contributed by atoms with Crippen LogP contribution in [0.25, 0.3) is 10.1 Å². The molecule has 1 aromatic carbocycles. The molecule has 0 amide bonds. The van der Waals surface area contributed by atoms with Crippen molar-refractivity contribution in [1.29, 1.82) is 0 Å². The highest BCUT2D eigenvalue weighted by Gasteiger charge is 2.12. The van der Waals surface area contributed by atoms with E-state index >= 15 is 0 Å². The van der Waals surface area contributed by atoms with Gasteiger partial charge in [0, 0.05) is 11.2 Å². The SMILES string of the molecule is CCOC(=O)c1cc2ccc(OCCCN3CCCC3)cc2s1. The Bertz CT molecular complexity index is 661. The second-order valence-electron chi connectivity index (χ2n) is 5.78. The molecule has 1 aromatic heterocycles. The summed E-state index contributed by atoms with van der Waals surface area (Å²) in [5, 5.41) is 1.06. The van der Waals surface area contributed by atoms with Crippen LogP contribution in [0.15, 0.2) is 24.3 Å². The summed E-state index contributed by atoms with van der Waals surface area (Å²) in [6.07, 6.45) is 3.72. The maximum absolute atomic E-state index is 11.8. The number of carbonyl (C=O) groups excluding carboxylic acids is 1. The average Bonchev–Trinajstić information content (AvgIpc) is 3.20. The zero-order valence-corrected chi connectivity index (χ0v) is 14.4. The fourth-order valence-electron chi connectivity index (χ4n) is 2.89. The minimum absolute atomic E-state index is 0.248. The molecule has 1 saturated heterocycles. The van der Waals surface area contributed by atoms with Crippen LogP contribution in [0.3, 0.4) is 0 Å². The van der Waals surface area contributed by atoms with Gasteiger partial charge in [-0.3, -0.25) is 0 Å². The highest BCUT2D eigenvalue weighted by molar-refractivity contribution is 7.20. The average molecular weight is 333 g/mol. The molecule has 1 aliphatic rings. The second-order valence-corrected chi connectivity index (χ2v) is 6.87. The van der Waals surface area contributed by atoms with Crippen molar-refractivity contribution in [2.45, 2.75) is 26.2 Å². The van der Waals surface area contributed by atoms with Gasteiger partial charge in [-0.05, 0) is 68.9 Å². The molecule has 1 fully saturated rings. The third-order valence-electron chi connectivity index (χ3n) is 4.05. The van der Waals surface area contributed by atoms with E-state index in [2.05, 4.69) is 4.90 Å². The van der Waals surface area contributed by atoms with Gasteiger partial charge in [-0.15, -0.1) is 11.3 Å². The van der Waals surface area contributed by atoms with E-state index in [1.165, 1.54) is 37.3 Å². The maximum atomic E-state index is 11.8. The van der Waals surface area contributed by atoms with E-state index in [0.717, 1.165) is 35.4 Å². The van der Waals surface area contributed by atoms with Gasteiger partial charge in [0.05, 0.1) is 13.2 Å². The van der Waals surface area contributed by atoms with Crippen LogP contribution in [0.1, 0.15) is 35.9 Å². The van der Waals surface area contributed by atoms with E-state index in [1.54, 1.807) is 0 Å². The second kappa shape index (κ2) is 7.79. The van der Waals surface area contributed by atoms with Gasteiger partial charge >= 0.3 is 5.97 Å². The number of hydrogen-bond donors (Lipinski definition) is 0. The normalized spacial score (nSPS) is 15.2. The summed E-state index contributed by atoms with van der Waals surface area (Å²) in [6.45, 7) is 6.54. The molecule has 0 spiro atoms. The van der Waals surface area contributed by atoms with Crippen molar-refractivity contribution in [3.05, 3.63) is 29.1 Å². The fraction of sp³-hybridized carbons (Fsp3) is 0.500. The van der Waals surface area contributed by atoms with Crippen molar-refractivity contribution in [2.75, 3.05) is 32.8 Å². The summed E-state index contributed by atoms with van der Waals surface area (Å²) in [7, 11) is 0. The van der Waals surface area contributed by atoms with Crippen molar-refractivity contribution in [3.63, 3.8) is 0 Å². The number of nitrogens with zero attached hydrogens (tertiary/aromatic N) is 1. The number of hydrogen-bond acceptors (Lipinski definition) is 5. The van der Waals surface area contributed by atoms with E-state index < -0.39 is 0 Å². The molecule has 4 nitrogen and oxygen atoms in total. The number of esters is 1. The van der Waals surface area contributed by atoms with E-state index in [9.17, 15) is 4.79 Å². The first-order valence-corrected chi connectivity index (χ1v) is 9.14. The largest absolute Gasteiger partial charge is 0.493 e. The third-order valence-corrected chi connectivity index (χ3v) is 5.13. The summed E-state index contributed by atoms with van der Waals surface area (Å²) in [5.74, 6) is 0.623. The molecule has 1 aliphatic heterocycles. The molecule has 0 aliphatic carbocycles. The van der Waals surface area contributed by atoms with Crippen molar-refractivity contribution < 1.29 is 14.3 Å². The smallest absolute Gasteiger partial charge is 0.348 e. The number of rotatable bonds is 7. The van der Waals surface area contributed by atoms with Gasteiger partial charge in [0.25, 0.3) is 0 Å². The lowest BCUT2D eigenvalue weighted by Gasteiger charge is -2.14. The first-order chi connectivity index (χ1) is 11.3. The molecule has 0 unspecified atom stereocenters. The topological polar surface area (TPSA) is 38.8 Å². The van der Waals surface area contributed by atoms with Crippen LogP contribution >= 0.6 is 11.3 Å². The molecule has 0 atom stereocenters. The van der Waals surface area contributed by atoms with Crippen LogP contribution in [0, 0.1) is 0 Å². The highest BCUT2D eigenvalue weighted by atomic mass is 32.1. The Morgan fingerprint density at radius 1 is 1.26 bits per heavy atom. The number of thiophene rings is 1.